The van der Waals surface area contributed by atoms with Crippen LogP contribution in [0, 0.1) is 0 Å². The first-order chi connectivity index (χ1) is 5.25. The van der Waals surface area contributed by atoms with Gasteiger partial charge >= 0.3 is 0 Å². The number of nitrogens with zero attached hydrogens (tertiary/aromatic N) is 1. The summed E-state index contributed by atoms with van der Waals surface area (Å²) in [5.74, 6) is -0.919. The minimum atomic E-state index is -2.43. The summed E-state index contributed by atoms with van der Waals surface area (Å²) < 4.78 is 24.3. The van der Waals surface area contributed by atoms with Crippen LogP contribution in [0.2, 0.25) is 0 Å². The summed E-state index contributed by atoms with van der Waals surface area (Å²) in [5, 5.41) is 6.02. The third-order valence-corrected chi connectivity index (χ3v) is 1.48. The molecule has 0 bridgehead atoms. The lowest BCUT2D eigenvalue weighted by Crippen LogP contribution is -2.19. The van der Waals surface area contributed by atoms with E-state index in [-0.39, 0.29) is 6.54 Å². The van der Waals surface area contributed by atoms with E-state index in [2.05, 4.69) is 10.2 Å². The van der Waals surface area contributed by atoms with Crippen LogP contribution in [0.25, 0.3) is 0 Å². The summed E-state index contributed by atoms with van der Waals surface area (Å²) in [6, 6.07) is 1.50. The van der Waals surface area contributed by atoms with Crippen molar-refractivity contribution in [1.82, 2.24) is 10.2 Å². The van der Waals surface area contributed by atoms with Crippen LogP contribution in [0.4, 0.5) is 8.78 Å². The molecule has 0 fully saturated rings. The normalized spacial score (nSPS) is 13.8. The Balaban J connectivity index is 2.71. The maximum Gasteiger partial charge on any atom is 0.248 e. The fourth-order valence-electron chi connectivity index (χ4n) is 0.839. The fourth-order valence-corrected chi connectivity index (χ4v) is 0.839. The average molecular weight is 161 g/mol. The topological polar surface area (TPSA) is 54.7 Å². The first-order valence-electron chi connectivity index (χ1n) is 3.23. The molecule has 1 unspecified atom stereocenters. The number of hydrogen-bond acceptors (Lipinski definition) is 2. The molecule has 62 valence electrons. The molecule has 1 atom stereocenters. The molecule has 0 aromatic carbocycles. The highest BCUT2D eigenvalue weighted by Gasteiger charge is 2.21. The van der Waals surface area contributed by atoms with Gasteiger partial charge in [0.1, 0.15) is 0 Å². The van der Waals surface area contributed by atoms with E-state index in [4.69, 9.17) is 5.73 Å². The van der Waals surface area contributed by atoms with Crippen molar-refractivity contribution in [3.63, 3.8) is 0 Å². The molecule has 1 heterocycles. The zero-order valence-corrected chi connectivity index (χ0v) is 5.80. The van der Waals surface area contributed by atoms with Gasteiger partial charge in [-0.15, -0.1) is 0 Å². The predicted octanol–water partition coefficient (Wildman–Crippen LogP) is 0.717. The van der Waals surface area contributed by atoms with Crippen LogP contribution >= 0.6 is 0 Å². The largest absolute Gasteiger partial charge is 0.330 e. The van der Waals surface area contributed by atoms with E-state index in [1.807, 2.05) is 0 Å². The first-order valence-corrected chi connectivity index (χ1v) is 3.23. The van der Waals surface area contributed by atoms with Crippen molar-refractivity contribution in [3.05, 3.63) is 18.0 Å². The summed E-state index contributed by atoms with van der Waals surface area (Å²) in [6.45, 7) is -0.0696. The summed E-state index contributed by atoms with van der Waals surface area (Å²) in [7, 11) is 0. The molecule has 0 aliphatic heterocycles. The van der Waals surface area contributed by atoms with Gasteiger partial charge in [0.2, 0.25) is 6.43 Å². The molecule has 1 rings (SSSR count). The second-order valence-corrected chi connectivity index (χ2v) is 2.19. The van der Waals surface area contributed by atoms with Crippen LogP contribution in [-0.4, -0.2) is 23.2 Å². The van der Waals surface area contributed by atoms with Gasteiger partial charge in [-0.05, 0) is 6.07 Å². The van der Waals surface area contributed by atoms with Crippen molar-refractivity contribution in [2.75, 3.05) is 6.54 Å². The average Bonchev–Trinajstić information content (AvgIpc) is 2.40. The molecule has 1 aromatic rings. The Morgan fingerprint density at radius 3 is 2.73 bits per heavy atom. The molecule has 3 nitrogen and oxygen atoms in total. The van der Waals surface area contributed by atoms with Crippen LogP contribution < -0.4 is 5.73 Å². The number of H-pyrrole nitrogens is 1. The van der Waals surface area contributed by atoms with E-state index in [0.717, 1.165) is 0 Å². The highest BCUT2D eigenvalue weighted by atomic mass is 19.3. The number of aromatic nitrogens is 2. The maximum atomic E-state index is 12.1. The van der Waals surface area contributed by atoms with Crippen LogP contribution in [-0.2, 0) is 0 Å². The lowest BCUT2D eigenvalue weighted by molar-refractivity contribution is 0.115. The second-order valence-electron chi connectivity index (χ2n) is 2.19. The summed E-state index contributed by atoms with van der Waals surface area (Å²) in [4.78, 5) is 0. The zero-order chi connectivity index (χ0) is 8.27. The standard InChI is InChI=1S/C6H9F2N3/c7-6(8)4(3-9)5-1-2-10-11-5/h1-2,4,6H,3,9H2,(H,10,11). The Labute approximate surface area is 62.6 Å². The van der Waals surface area contributed by atoms with Crippen LogP contribution in [0.5, 0.6) is 0 Å². The van der Waals surface area contributed by atoms with E-state index < -0.39 is 12.3 Å². The van der Waals surface area contributed by atoms with Gasteiger partial charge in [-0.25, -0.2) is 8.78 Å². The second kappa shape index (κ2) is 3.43. The van der Waals surface area contributed by atoms with Crippen molar-refractivity contribution >= 4 is 0 Å². The van der Waals surface area contributed by atoms with E-state index in [9.17, 15) is 8.78 Å². The van der Waals surface area contributed by atoms with Gasteiger partial charge in [0.25, 0.3) is 0 Å². The van der Waals surface area contributed by atoms with Crippen LogP contribution in [0.15, 0.2) is 12.3 Å². The van der Waals surface area contributed by atoms with E-state index in [0.29, 0.717) is 5.69 Å². The van der Waals surface area contributed by atoms with Gasteiger partial charge in [0.05, 0.1) is 5.92 Å². The van der Waals surface area contributed by atoms with Gasteiger partial charge < -0.3 is 5.73 Å². The lowest BCUT2D eigenvalue weighted by Gasteiger charge is -2.09. The number of nitrogens with one attached hydrogen (secondary N) is 1. The van der Waals surface area contributed by atoms with Crippen molar-refractivity contribution in [2.45, 2.75) is 12.3 Å². The fraction of sp³-hybridized carbons (Fsp3) is 0.500. The Morgan fingerprint density at radius 1 is 1.64 bits per heavy atom. The van der Waals surface area contributed by atoms with Gasteiger partial charge in [-0.2, -0.15) is 5.10 Å². The Kier molecular flexibility index (Phi) is 2.53. The molecule has 0 aliphatic rings. The number of alkyl halides is 2. The molecule has 0 radical (unpaired) electrons. The van der Waals surface area contributed by atoms with Crippen molar-refractivity contribution < 1.29 is 8.78 Å². The zero-order valence-electron chi connectivity index (χ0n) is 5.80. The molecular formula is C6H9F2N3. The number of hydrogen-bond donors (Lipinski definition) is 2. The van der Waals surface area contributed by atoms with Crippen molar-refractivity contribution in [1.29, 1.82) is 0 Å². The first kappa shape index (κ1) is 8.13. The summed E-state index contributed by atoms with van der Waals surface area (Å²) in [5.41, 5.74) is 5.53. The van der Waals surface area contributed by atoms with Crippen LogP contribution in [0.1, 0.15) is 11.6 Å². The lowest BCUT2D eigenvalue weighted by atomic mass is 10.1. The van der Waals surface area contributed by atoms with Crippen molar-refractivity contribution in [3.8, 4) is 0 Å². The number of halogens is 2. The molecule has 0 aliphatic carbocycles. The van der Waals surface area contributed by atoms with Gasteiger partial charge in [0, 0.05) is 18.4 Å². The smallest absolute Gasteiger partial charge is 0.248 e. The van der Waals surface area contributed by atoms with Gasteiger partial charge in [-0.1, -0.05) is 0 Å². The van der Waals surface area contributed by atoms with E-state index in [1.165, 1.54) is 12.3 Å². The quantitative estimate of drug-likeness (QED) is 0.686. The van der Waals surface area contributed by atoms with E-state index in [1.54, 1.807) is 0 Å². The SMILES string of the molecule is NCC(c1ccn[nH]1)C(F)F. The van der Waals surface area contributed by atoms with Crippen molar-refractivity contribution in [2.24, 2.45) is 5.73 Å². The third-order valence-electron chi connectivity index (χ3n) is 1.48. The van der Waals surface area contributed by atoms with Gasteiger partial charge in [-0.3, -0.25) is 5.10 Å². The number of aromatic amines is 1. The number of rotatable bonds is 3. The van der Waals surface area contributed by atoms with Gasteiger partial charge in [0.15, 0.2) is 0 Å². The minimum absolute atomic E-state index is 0.0696. The molecule has 3 N–H and O–H groups in total. The molecule has 0 saturated heterocycles. The maximum absolute atomic E-state index is 12.1. The monoisotopic (exact) mass is 161 g/mol. The van der Waals surface area contributed by atoms with E-state index >= 15 is 0 Å². The number of nitrogens with two attached hydrogens (primary N) is 1. The predicted molar refractivity (Wildman–Crippen MR) is 36.4 cm³/mol. The summed E-state index contributed by atoms with van der Waals surface area (Å²) >= 11 is 0. The molecule has 0 spiro atoms. The van der Waals surface area contributed by atoms with Crippen LogP contribution in [0.3, 0.4) is 0 Å². The Bertz CT molecular complexity index is 198. The third kappa shape index (κ3) is 1.74. The minimum Gasteiger partial charge on any atom is -0.330 e. The molecule has 5 heteroatoms. The molecule has 11 heavy (non-hydrogen) atoms. The summed E-state index contributed by atoms with van der Waals surface area (Å²) in [6.07, 6.45) is -0.999. The molecular weight excluding hydrogens is 152 g/mol. The molecule has 0 saturated carbocycles. The Hall–Kier alpha value is -0.970. The Morgan fingerprint density at radius 2 is 2.36 bits per heavy atom. The molecule has 1 aromatic heterocycles. The highest BCUT2D eigenvalue weighted by Crippen LogP contribution is 2.19. The highest BCUT2D eigenvalue weighted by molar-refractivity contribution is 5.06. The molecule has 0 amide bonds.